The molecule has 1 aromatic heterocycles. The van der Waals surface area contributed by atoms with Crippen LogP contribution in [-0.4, -0.2) is 17.9 Å². The molecule has 25 heavy (non-hydrogen) atoms. The Hall–Kier alpha value is -2.27. The number of carbonyl (C=O) groups is 2. The minimum atomic E-state index is -0.628. The number of hydrogen-bond acceptors (Lipinski definition) is 3. The fourth-order valence-corrected chi connectivity index (χ4v) is 2.64. The lowest BCUT2D eigenvalue weighted by atomic mass is 10.0. The van der Waals surface area contributed by atoms with Gasteiger partial charge in [0.25, 0.3) is 5.91 Å². The van der Waals surface area contributed by atoms with Gasteiger partial charge in [0.05, 0.1) is 0 Å². The molecule has 1 atom stereocenters. The molecule has 0 aliphatic heterocycles. The second kappa shape index (κ2) is 8.21. The summed E-state index contributed by atoms with van der Waals surface area (Å²) in [6.07, 6.45) is 0. The monoisotopic (exact) mass is 362 g/mol. The average Bonchev–Trinajstić information content (AvgIpc) is 2.88. The van der Waals surface area contributed by atoms with Gasteiger partial charge in [-0.3, -0.25) is 9.59 Å². The lowest BCUT2D eigenvalue weighted by Gasteiger charge is -2.21. The first-order valence-electron chi connectivity index (χ1n) is 8.18. The summed E-state index contributed by atoms with van der Waals surface area (Å²) in [4.78, 5) is 24.9. The Labute approximate surface area is 152 Å². The molecule has 0 saturated heterocycles. The highest BCUT2D eigenvalue weighted by atomic mass is 35.5. The average molecular weight is 363 g/mol. The fraction of sp³-hybridized carbons (Fsp3) is 0.368. The number of carbonyl (C=O) groups excluding carboxylic acids is 2. The van der Waals surface area contributed by atoms with E-state index in [1.807, 2.05) is 33.8 Å². The second-order valence-electron chi connectivity index (χ2n) is 6.36. The van der Waals surface area contributed by atoms with Crippen molar-refractivity contribution in [2.24, 2.45) is 5.92 Å². The summed E-state index contributed by atoms with van der Waals surface area (Å²) in [5.74, 6) is 1.00. The zero-order valence-corrected chi connectivity index (χ0v) is 15.6. The number of rotatable bonds is 6. The van der Waals surface area contributed by atoms with Crippen LogP contribution < -0.4 is 10.6 Å². The van der Waals surface area contributed by atoms with E-state index in [1.165, 1.54) is 0 Å². The SMILES string of the molecule is Cc1cc(CNC(=O)C(NC(=O)c2ccc(Cl)cc2)C(C)C)c(C)o1. The van der Waals surface area contributed by atoms with Crippen molar-refractivity contribution in [2.75, 3.05) is 0 Å². The molecule has 134 valence electrons. The molecule has 0 aliphatic rings. The molecule has 0 spiro atoms. The molecule has 5 nitrogen and oxygen atoms in total. The van der Waals surface area contributed by atoms with Crippen molar-refractivity contribution < 1.29 is 14.0 Å². The van der Waals surface area contributed by atoms with Gasteiger partial charge in [-0.25, -0.2) is 0 Å². The van der Waals surface area contributed by atoms with E-state index in [0.29, 0.717) is 17.1 Å². The van der Waals surface area contributed by atoms with E-state index in [-0.39, 0.29) is 17.7 Å². The van der Waals surface area contributed by atoms with Gasteiger partial charge in [-0.2, -0.15) is 0 Å². The number of hydrogen-bond donors (Lipinski definition) is 2. The molecule has 1 aromatic carbocycles. The van der Waals surface area contributed by atoms with E-state index in [4.69, 9.17) is 16.0 Å². The number of amides is 2. The van der Waals surface area contributed by atoms with Gasteiger partial charge in [0.2, 0.25) is 5.91 Å². The van der Waals surface area contributed by atoms with Crippen LogP contribution in [0.1, 0.15) is 41.3 Å². The maximum atomic E-state index is 12.5. The molecule has 0 fully saturated rings. The molecule has 1 heterocycles. The molecule has 2 amide bonds. The lowest BCUT2D eigenvalue weighted by Crippen LogP contribution is -2.49. The van der Waals surface area contributed by atoms with Crippen LogP contribution in [0.15, 0.2) is 34.7 Å². The van der Waals surface area contributed by atoms with Crippen LogP contribution in [-0.2, 0) is 11.3 Å². The van der Waals surface area contributed by atoms with Crippen LogP contribution in [0.4, 0.5) is 0 Å². The number of benzene rings is 1. The van der Waals surface area contributed by atoms with E-state index in [0.717, 1.165) is 17.1 Å². The number of furan rings is 1. The van der Waals surface area contributed by atoms with Crippen LogP contribution in [0.25, 0.3) is 0 Å². The highest BCUT2D eigenvalue weighted by molar-refractivity contribution is 6.30. The third-order valence-corrected chi connectivity index (χ3v) is 4.19. The first-order chi connectivity index (χ1) is 11.8. The highest BCUT2D eigenvalue weighted by Gasteiger charge is 2.24. The standard InChI is InChI=1S/C19H23ClN2O3/c1-11(2)17(22-18(23)14-5-7-16(20)8-6-14)19(24)21-10-15-9-12(3)25-13(15)4/h5-9,11,17H,10H2,1-4H3,(H,21,24)(H,22,23). The van der Waals surface area contributed by atoms with E-state index in [9.17, 15) is 9.59 Å². The number of nitrogens with one attached hydrogen (secondary N) is 2. The summed E-state index contributed by atoms with van der Waals surface area (Å²) in [5.41, 5.74) is 1.39. The van der Waals surface area contributed by atoms with E-state index < -0.39 is 6.04 Å². The van der Waals surface area contributed by atoms with Gasteiger partial charge >= 0.3 is 0 Å². The van der Waals surface area contributed by atoms with E-state index >= 15 is 0 Å². The van der Waals surface area contributed by atoms with Crippen LogP contribution in [0.5, 0.6) is 0 Å². The van der Waals surface area contributed by atoms with Crippen molar-refractivity contribution >= 4 is 23.4 Å². The molecule has 2 rings (SSSR count). The summed E-state index contributed by atoms with van der Waals surface area (Å²) < 4.78 is 5.45. The smallest absolute Gasteiger partial charge is 0.251 e. The van der Waals surface area contributed by atoms with Gasteiger partial charge in [0, 0.05) is 22.7 Å². The molecule has 0 saturated carbocycles. The van der Waals surface area contributed by atoms with Crippen molar-refractivity contribution in [1.82, 2.24) is 10.6 Å². The number of halogens is 1. The molecule has 0 bridgehead atoms. The predicted octanol–water partition coefficient (Wildman–Crippen LogP) is 3.62. The molecular weight excluding hydrogens is 340 g/mol. The highest BCUT2D eigenvalue weighted by Crippen LogP contribution is 2.14. The Bertz CT molecular complexity index is 751. The van der Waals surface area contributed by atoms with Crippen molar-refractivity contribution in [3.63, 3.8) is 0 Å². The second-order valence-corrected chi connectivity index (χ2v) is 6.79. The lowest BCUT2D eigenvalue weighted by molar-refractivity contribution is -0.124. The van der Waals surface area contributed by atoms with E-state index in [1.54, 1.807) is 24.3 Å². The van der Waals surface area contributed by atoms with Gasteiger partial charge in [-0.15, -0.1) is 0 Å². The first-order valence-corrected chi connectivity index (χ1v) is 8.55. The summed E-state index contributed by atoms with van der Waals surface area (Å²) in [6.45, 7) is 7.86. The zero-order chi connectivity index (χ0) is 18.6. The normalized spacial score (nSPS) is 12.1. The minimum absolute atomic E-state index is 0.0524. The molecule has 0 aliphatic carbocycles. The third kappa shape index (κ3) is 5.10. The molecular formula is C19H23ClN2O3. The van der Waals surface area contributed by atoms with Gasteiger partial charge in [0.1, 0.15) is 17.6 Å². The van der Waals surface area contributed by atoms with Crippen LogP contribution in [0, 0.1) is 19.8 Å². The van der Waals surface area contributed by atoms with Gasteiger partial charge < -0.3 is 15.1 Å². The van der Waals surface area contributed by atoms with Gasteiger partial charge in [-0.05, 0) is 50.1 Å². The molecule has 0 radical (unpaired) electrons. The maximum Gasteiger partial charge on any atom is 0.251 e. The topological polar surface area (TPSA) is 71.3 Å². The van der Waals surface area contributed by atoms with Crippen molar-refractivity contribution in [3.8, 4) is 0 Å². The first kappa shape index (κ1) is 19.1. The summed E-state index contributed by atoms with van der Waals surface area (Å²) in [5, 5.41) is 6.21. The Balaban J connectivity index is 2.01. The van der Waals surface area contributed by atoms with Crippen LogP contribution in [0.2, 0.25) is 5.02 Å². The zero-order valence-electron chi connectivity index (χ0n) is 14.9. The fourth-order valence-electron chi connectivity index (χ4n) is 2.51. The third-order valence-electron chi connectivity index (χ3n) is 3.94. The Morgan fingerprint density at radius 2 is 1.80 bits per heavy atom. The van der Waals surface area contributed by atoms with E-state index in [2.05, 4.69) is 10.6 Å². The van der Waals surface area contributed by atoms with Gasteiger partial charge in [-0.1, -0.05) is 25.4 Å². The quantitative estimate of drug-likeness (QED) is 0.824. The van der Waals surface area contributed by atoms with Crippen LogP contribution >= 0.6 is 11.6 Å². The minimum Gasteiger partial charge on any atom is -0.466 e. The van der Waals surface area contributed by atoms with Crippen LogP contribution in [0.3, 0.4) is 0 Å². The van der Waals surface area contributed by atoms with Crippen molar-refractivity contribution in [2.45, 2.75) is 40.3 Å². The Morgan fingerprint density at radius 3 is 2.32 bits per heavy atom. The Morgan fingerprint density at radius 1 is 1.16 bits per heavy atom. The van der Waals surface area contributed by atoms with Gasteiger partial charge in [0.15, 0.2) is 0 Å². The molecule has 2 aromatic rings. The molecule has 6 heteroatoms. The molecule has 2 N–H and O–H groups in total. The summed E-state index contributed by atoms with van der Waals surface area (Å²) >= 11 is 5.83. The predicted molar refractivity (Wildman–Crippen MR) is 97.6 cm³/mol. The maximum absolute atomic E-state index is 12.5. The van der Waals surface area contributed by atoms with Crippen molar-refractivity contribution in [3.05, 3.63) is 58.0 Å². The van der Waals surface area contributed by atoms with Crippen molar-refractivity contribution in [1.29, 1.82) is 0 Å². The number of aryl methyl sites for hydroxylation is 2. The summed E-state index contributed by atoms with van der Waals surface area (Å²) in [7, 11) is 0. The summed E-state index contributed by atoms with van der Waals surface area (Å²) in [6, 6.07) is 7.81. The Kier molecular flexibility index (Phi) is 6.26. The largest absolute Gasteiger partial charge is 0.466 e. The molecule has 1 unspecified atom stereocenters.